The molecule has 0 heterocycles. The summed E-state index contributed by atoms with van der Waals surface area (Å²) in [4.78, 5) is 0. The Balaban J connectivity index is 1.70. The Bertz CT molecular complexity index is 2100. The van der Waals surface area contributed by atoms with Crippen LogP contribution in [0.4, 0.5) is 0 Å². The molecule has 8 aromatic rings. The van der Waals surface area contributed by atoms with Gasteiger partial charge in [-0.3, -0.25) is 0 Å². The van der Waals surface area contributed by atoms with Crippen molar-refractivity contribution >= 4 is 64.6 Å². The fraction of sp³-hybridized carbons (Fsp3) is 0. The van der Waals surface area contributed by atoms with Gasteiger partial charge in [-0.25, -0.2) is 0 Å². The number of hydrogen-bond acceptors (Lipinski definition) is 2. The van der Waals surface area contributed by atoms with Crippen molar-refractivity contribution in [2.75, 3.05) is 0 Å². The van der Waals surface area contributed by atoms with Gasteiger partial charge in [0.15, 0.2) is 0 Å². The van der Waals surface area contributed by atoms with Gasteiger partial charge in [-0.05, 0) is 78.5 Å². The quantitative estimate of drug-likeness (QED) is 0.227. The number of phenols is 2. The minimum absolute atomic E-state index is 0.294. The second-order valence-corrected chi connectivity index (χ2v) is 10.0. The van der Waals surface area contributed by atoms with Crippen LogP contribution in [-0.4, -0.2) is 10.2 Å². The fourth-order valence-electron chi connectivity index (χ4n) is 6.22. The number of benzene rings is 8. The fourth-order valence-corrected chi connectivity index (χ4v) is 6.22. The number of aromatic hydroxyl groups is 2. The van der Waals surface area contributed by atoms with Crippen LogP contribution in [0, 0.1) is 0 Å². The van der Waals surface area contributed by atoms with E-state index in [0.29, 0.717) is 11.5 Å². The highest BCUT2D eigenvalue weighted by molar-refractivity contribution is 6.28. The molecule has 178 valence electrons. The molecule has 0 bridgehead atoms. The second-order valence-electron chi connectivity index (χ2n) is 10.0. The molecule has 0 saturated heterocycles. The van der Waals surface area contributed by atoms with Gasteiger partial charge in [0, 0.05) is 21.5 Å². The lowest BCUT2D eigenvalue weighted by atomic mass is 9.84. The van der Waals surface area contributed by atoms with Crippen LogP contribution < -0.4 is 0 Å². The van der Waals surface area contributed by atoms with Crippen molar-refractivity contribution in [1.82, 2.24) is 0 Å². The predicted octanol–water partition coefficient (Wildman–Crippen LogP) is 9.68. The predicted molar refractivity (Wildman–Crippen MR) is 160 cm³/mol. The van der Waals surface area contributed by atoms with Crippen LogP contribution in [0.3, 0.4) is 0 Å². The Morgan fingerprint density at radius 2 is 0.579 bits per heavy atom. The summed E-state index contributed by atoms with van der Waals surface area (Å²) in [6.45, 7) is 0. The average molecular weight is 487 g/mol. The first-order chi connectivity index (χ1) is 18.7. The lowest BCUT2D eigenvalue weighted by molar-refractivity contribution is 0.487. The molecule has 0 atom stereocenters. The molecule has 2 heteroatoms. The van der Waals surface area contributed by atoms with Gasteiger partial charge in [0.05, 0.1) is 0 Å². The van der Waals surface area contributed by atoms with Gasteiger partial charge >= 0.3 is 0 Å². The van der Waals surface area contributed by atoms with Gasteiger partial charge in [0.25, 0.3) is 0 Å². The number of fused-ring (bicyclic) bond motifs is 6. The summed E-state index contributed by atoms with van der Waals surface area (Å²) in [7, 11) is 0. The highest BCUT2D eigenvalue weighted by Gasteiger charge is 2.21. The molecule has 2 N–H and O–H groups in total. The SMILES string of the molecule is Oc1c2ccccc2c(-c2c3ccccc3c(O)c3cc4ccccc4cc23)c2cc3ccccc3cc12. The largest absolute Gasteiger partial charge is 0.507 e. The molecule has 0 radical (unpaired) electrons. The van der Waals surface area contributed by atoms with E-state index in [-0.39, 0.29) is 0 Å². The topological polar surface area (TPSA) is 40.5 Å². The molecular weight excluding hydrogens is 464 g/mol. The van der Waals surface area contributed by atoms with E-state index in [2.05, 4.69) is 60.7 Å². The first-order valence-corrected chi connectivity index (χ1v) is 12.8. The van der Waals surface area contributed by atoms with Crippen molar-refractivity contribution in [2.45, 2.75) is 0 Å². The Morgan fingerprint density at radius 1 is 0.289 bits per heavy atom. The lowest BCUT2D eigenvalue weighted by Gasteiger charge is -2.20. The molecular formula is C36H22O2. The first-order valence-electron chi connectivity index (χ1n) is 12.8. The Morgan fingerprint density at radius 3 is 0.947 bits per heavy atom. The average Bonchev–Trinajstić information content (AvgIpc) is 2.97. The molecule has 0 aliphatic carbocycles. The molecule has 0 amide bonds. The number of hydrogen-bond donors (Lipinski definition) is 2. The molecule has 38 heavy (non-hydrogen) atoms. The summed E-state index contributed by atoms with van der Waals surface area (Å²) < 4.78 is 0. The van der Waals surface area contributed by atoms with Gasteiger partial charge in [0.2, 0.25) is 0 Å². The van der Waals surface area contributed by atoms with Crippen LogP contribution >= 0.6 is 0 Å². The molecule has 0 fully saturated rings. The van der Waals surface area contributed by atoms with Crippen LogP contribution in [-0.2, 0) is 0 Å². The van der Waals surface area contributed by atoms with E-state index >= 15 is 0 Å². The van der Waals surface area contributed by atoms with E-state index < -0.39 is 0 Å². The van der Waals surface area contributed by atoms with Crippen molar-refractivity contribution < 1.29 is 10.2 Å². The first kappa shape index (κ1) is 21.0. The lowest BCUT2D eigenvalue weighted by Crippen LogP contribution is -1.92. The Hall–Kier alpha value is -5.08. The maximum atomic E-state index is 11.5. The van der Waals surface area contributed by atoms with E-state index in [1.807, 2.05) is 60.7 Å². The molecule has 2 nitrogen and oxygen atoms in total. The van der Waals surface area contributed by atoms with Gasteiger partial charge < -0.3 is 10.2 Å². The zero-order chi connectivity index (χ0) is 25.4. The van der Waals surface area contributed by atoms with E-state index in [1.165, 1.54) is 0 Å². The van der Waals surface area contributed by atoms with Gasteiger partial charge in [-0.1, -0.05) is 97.1 Å². The maximum absolute atomic E-state index is 11.5. The van der Waals surface area contributed by atoms with E-state index in [0.717, 1.165) is 75.8 Å². The zero-order valence-electron chi connectivity index (χ0n) is 20.4. The van der Waals surface area contributed by atoms with Gasteiger partial charge in [-0.15, -0.1) is 0 Å². The summed E-state index contributed by atoms with van der Waals surface area (Å²) in [5, 5.41) is 34.7. The van der Waals surface area contributed by atoms with Crippen LogP contribution in [0.1, 0.15) is 0 Å². The standard InChI is InChI=1S/C36H22O2/c37-35-27-15-7-5-13-25(27)33(29-17-21-9-1-3-11-23(21)19-31(29)35)34-26-14-6-8-16-28(26)36(38)32-20-24-12-4-2-10-22(24)18-30(32)34/h1-20,37-38H. The molecule has 8 rings (SSSR count). The summed E-state index contributed by atoms with van der Waals surface area (Å²) in [5.74, 6) is 0.589. The Kier molecular flexibility index (Phi) is 4.27. The smallest absolute Gasteiger partial charge is 0.131 e. The highest BCUT2D eigenvalue weighted by atomic mass is 16.3. The number of phenolic OH excluding ortho intramolecular Hbond substituents is 2. The summed E-state index contributed by atoms with van der Waals surface area (Å²) in [6.07, 6.45) is 0. The van der Waals surface area contributed by atoms with Crippen molar-refractivity contribution in [3.63, 3.8) is 0 Å². The third-order valence-electron chi connectivity index (χ3n) is 7.97. The van der Waals surface area contributed by atoms with Crippen LogP contribution in [0.25, 0.3) is 75.8 Å². The van der Waals surface area contributed by atoms with E-state index in [9.17, 15) is 10.2 Å². The molecule has 0 spiro atoms. The molecule has 0 aliphatic heterocycles. The third-order valence-corrected chi connectivity index (χ3v) is 7.97. The van der Waals surface area contributed by atoms with Crippen LogP contribution in [0.15, 0.2) is 121 Å². The monoisotopic (exact) mass is 486 g/mol. The minimum Gasteiger partial charge on any atom is -0.507 e. The highest BCUT2D eigenvalue weighted by Crippen LogP contribution is 2.50. The van der Waals surface area contributed by atoms with E-state index in [4.69, 9.17) is 0 Å². The van der Waals surface area contributed by atoms with E-state index in [1.54, 1.807) is 0 Å². The molecule has 0 saturated carbocycles. The maximum Gasteiger partial charge on any atom is 0.131 e. The minimum atomic E-state index is 0.294. The number of rotatable bonds is 1. The van der Waals surface area contributed by atoms with Crippen molar-refractivity contribution in [2.24, 2.45) is 0 Å². The zero-order valence-corrected chi connectivity index (χ0v) is 20.4. The van der Waals surface area contributed by atoms with Crippen molar-refractivity contribution in [1.29, 1.82) is 0 Å². The van der Waals surface area contributed by atoms with Crippen molar-refractivity contribution in [3.05, 3.63) is 121 Å². The molecule has 8 aromatic carbocycles. The second kappa shape index (κ2) is 7.71. The molecule has 0 aromatic heterocycles. The van der Waals surface area contributed by atoms with Crippen LogP contribution in [0.5, 0.6) is 11.5 Å². The summed E-state index contributed by atoms with van der Waals surface area (Å²) in [5.41, 5.74) is 2.13. The van der Waals surface area contributed by atoms with Gasteiger partial charge in [-0.2, -0.15) is 0 Å². The van der Waals surface area contributed by atoms with Crippen molar-refractivity contribution in [3.8, 4) is 22.6 Å². The molecule has 0 aliphatic rings. The third kappa shape index (κ3) is 2.83. The van der Waals surface area contributed by atoms with Gasteiger partial charge in [0.1, 0.15) is 11.5 Å². The summed E-state index contributed by atoms with van der Waals surface area (Å²) in [6, 6.07) is 41.3. The molecule has 0 unspecified atom stereocenters. The van der Waals surface area contributed by atoms with Crippen LogP contribution in [0.2, 0.25) is 0 Å². The normalized spacial score (nSPS) is 11.9. The Labute approximate surface area is 218 Å². The summed E-state index contributed by atoms with van der Waals surface area (Å²) >= 11 is 0.